The lowest BCUT2D eigenvalue weighted by Crippen LogP contribution is -2.37. The summed E-state index contributed by atoms with van der Waals surface area (Å²) in [4.78, 5) is 15.9. The van der Waals surface area contributed by atoms with Crippen molar-refractivity contribution in [3.63, 3.8) is 0 Å². The molecule has 0 N–H and O–H groups in total. The maximum atomic E-state index is 13.3. The van der Waals surface area contributed by atoms with Crippen LogP contribution in [0.2, 0.25) is 0 Å². The van der Waals surface area contributed by atoms with Gasteiger partial charge in [0, 0.05) is 19.5 Å². The standard InChI is InChI=1S/C21H22F3N7O2/c1-13-25-29-31(28-13)12-16-11-17(21(22,23)24)8-6-15(16)7-9-19(32)30-10-4-3-5-18(30)20-27-26-14(2)33-20/h6-9,11,18H,3-5,10,12H2,1-2H3/t18-/m0/s1. The Bertz CT molecular complexity index is 1170. The number of aromatic nitrogens is 6. The minimum absolute atomic E-state index is 0.0216. The van der Waals surface area contributed by atoms with Gasteiger partial charge < -0.3 is 9.32 Å². The average Bonchev–Trinajstić information content (AvgIpc) is 3.39. The van der Waals surface area contributed by atoms with Crippen molar-refractivity contribution in [3.05, 3.63) is 58.6 Å². The molecule has 1 aliphatic rings. The molecular weight excluding hydrogens is 439 g/mol. The third-order valence-electron chi connectivity index (χ3n) is 5.35. The Hall–Kier alpha value is -3.57. The van der Waals surface area contributed by atoms with Crippen molar-refractivity contribution >= 4 is 12.0 Å². The number of nitrogens with zero attached hydrogens (tertiary/aromatic N) is 7. The lowest BCUT2D eigenvalue weighted by Gasteiger charge is -2.32. The molecule has 0 aliphatic carbocycles. The first-order valence-electron chi connectivity index (χ1n) is 10.4. The second-order valence-electron chi connectivity index (χ2n) is 7.81. The number of carbonyl (C=O) groups is 1. The summed E-state index contributed by atoms with van der Waals surface area (Å²) in [6.45, 7) is 3.82. The number of amides is 1. The van der Waals surface area contributed by atoms with E-state index >= 15 is 0 Å². The van der Waals surface area contributed by atoms with Crippen LogP contribution in [0.15, 0.2) is 28.7 Å². The Morgan fingerprint density at radius 3 is 2.70 bits per heavy atom. The number of piperidine rings is 1. The van der Waals surface area contributed by atoms with Crippen LogP contribution < -0.4 is 0 Å². The smallest absolute Gasteiger partial charge is 0.416 e. The molecule has 12 heteroatoms. The Morgan fingerprint density at radius 1 is 1.21 bits per heavy atom. The molecule has 1 atom stereocenters. The van der Waals surface area contributed by atoms with Gasteiger partial charge in [-0.25, -0.2) is 0 Å². The highest BCUT2D eigenvalue weighted by atomic mass is 19.4. The number of rotatable bonds is 5. The van der Waals surface area contributed by atoms with E-state index in [1.165, 1.54) is 23.0 Å². The van der Waals surface area contributed by atoms with Crippen LogP contribution in [0.1, 0.15) is 59.6 Å². The van der Waals surface area contributed by atoms with Gasteiger partial charge in [0.05, 0.1) is 12.1 Å². The number of hydrogen-bond donors (Lipinski definition) is 0. The Labute approximate surface area is 187 Å². The molecule has 4 rings (SSSR count). The third kappa shape index (κ3) is 5.26. The third-order valence-corrected chi connectivity index (χ3v) is 5.35. The van der Waals surface area contributed by atoms with E-state index < -0.39 is 11.7 Å². The fourth-order valence-corrected chi connectivity index (χ4v) is 3.78. The Kier molecular flexibility index (Phi) is 6.25. The summed E-state index contributed by atoms with van der Waals surface area (Å²) in [7, 11) is 0. The van der Waals surface area contributed by atoms with Gasteiger partial charge >= 0.3 is 6.18 Å². The monoisotopic (exact) mass is 461 g/mol. The SMILES string of the molecule is Cc1nnn(Cc2cc(C(F)(F)F)ccc2C=CC(=O)N2CCCC[C@H]2c2nnc(C)o2)n1. The van der Waals surface area contributed by atoms with Crippen LogP contribution in [-0.4, -0.2) is 47.8 Å². The Morgan fingerprint density at radius 2 is 2.03 bits per heavy atom. The lowest BCUT2D eigenvalue weighted by molar-refractivity contribution is -0.137. The van der Waals surface area contributed by atoms with E-state index in [1.807, 2.05) is 0 Å². The van der Waals surface area contributed by atoms with E-state index in [4.69, 9.17) is 4.42 Å². The first kappa shape index (κ1) is 22.6. The molecule has 0 unspecified atom stereocenters. The molecule has 2 aromatic heterocycles. The number of likely N-dealkylation sites (tertiary alicyclic amines) is 1. The zero-order valence-electron chi connectivity index (χ0n) is 18.1. The first-order valence-corrected chi connectivity index (χ1v) is 10.4. The van der Waals surface area contributed by atoms with Crippen LogP contribution in [0.4, 0.5) is 13.2 Å². The summed E-state index contributed by atoms with van der Waals surface area (Å²) in [5.41, 5.74) is -0.0248. The summed E-state index contributed by atoms with van der Waals surface area (Å²) in [5.74, 6) is 0.930. The number of tetrazole rings is 1. The molecular formula is C21H22F3N7O2. The zero-order valence-corrected chi connectivity index (χ0v) is 18.1. The fraction of sp³-hybridized carbons (Fsp3) is 0.429. The van der Waals surface area contributed by atoms with Crippen LogP contribution in [0.5, 0.6) is 0 Å². The summed E-state index contributed by atoms with van der Waals surface area (Å²) in [6.07, 6.45) is 0.824. The molecule has 1 amide bonds. The molecule has 9 nitrogen and oxygen atoms in total. The second kappa shape index (κ2) is 9.12. The number of hydrogen-bond acceptors (Lipinski definition) is 7. The van der Waals surface area contributed by atoms with E-state index in [2.05, 4.69) is 25.6 Å². The highest BCUT2D eigenvalue weighted by Crippen LogP contribution is 2.32. The molecule has 0 spiro atoms. The number of carbonyl (C=O) groups excluding carboxylic acids is 1. The first-order chi connectivity index (χ1) is 15.7. The highest BCUT2D eigenvalue weighted by molar-refractivity contribution is 5.92. The minimum Gasteiger partial charge on any atom is -0.423 e. The maximum absolute atomic E-state index is 13.3. The van der Waals surface area contributed by atoms with Crippen molar-refractivity contribution < 1.29 is 22.4 Å². The van der Waals surface area contributed by atoms with Crippen molar-refractivity contribution in [2.24, 2.45) is 0 Å². The van der Waals surface area contributed by atoms with Gasteiger partial charge in [0.1, 0.15) is 6.04 Å². The Balaban J connectivity index is 1.59. The normalized spacial score (nSPS) is 17.1. The molecule has 1 aromatic carbocycles. The van der Waals surface area contributed by atoms with Crippen LogP contribution >= 0.6 is 0 Å². The molecule has 174 valence electrons. The van der Waals surface area contributed by atoms with Gasteiger partial charge in [0.15, 0.2) is 5.82 Å². The number of halogens is 3. The zero-order chi connectivity index (χ0) is 23.6. The van der Waals surface area contributed by atoms with Gasteiger partial charge in [-0.1, -0.05) is 6.07 Å². The molecule has 0 bridgehead atoms. The average molecular weight is 461 g/mol. The predicted octanol–water partition coefficient (Wildman–Crippen LogP) is 3.51. The summed E-state index contributed by atoms with van der Waals surface area (Å²) >= 11 is 0. The topological polar surface area (TPSA) is 103 Å². The molecule has 0 radical (unpaired) electrons. The van der Waals surface area contributed by atoms with Gasteiger partial charge in [-0.3, -0.25) is 4.79 Å². The van der Waals surface area contributed by atoms with Crippen LogP contribution in [0.3, 0.4) is 0 Å². The second-order valence-corrected chi connectivity index (χ2v) is 7.81. The molecule has 1 saturated heterocycles. The number of benzene rings is 1. The van der Waals surface area contributed by atoms with E-state index in [0.717, 1.165) is 25.0 Å². The van der Waals surface area contributed by atoms with Crippen molar-refractivity contribution in [3.8, 4) is 0 Å². The van der Waals surface area contributed by atoms with Gasteiger partial charge in [0.25, 0.3) is 0 Å². The minimum atomic E-state index is -4.50. The summed E-state index contributed by atoms with van der Waals surface area (Å²) in [6, 6.07) is 3.03. The summed E-state index contributed by atoms with van der Waals surface area (Å²) < 4.78 is 45.3. The summed E-state index contributed by atoms with van der Waals surface area (Å²) in [5, 5.41) is 19.5. The van der Waals surface area contributed by atoms with Gasteiger partial charge in [0.2, 0.25) is 17.7 Å². The van der Waals surface area contributed by atoms with Crippen molar-refractivity contribution in [1.82, 2.24) is 35.3 Å². The van der Waals surface area contributed by atoms with Crippen LogP contribution in [-0.2, 0) is 17.5 Å². The quantitative estimate of drug-likeness (QED) is 0.536. The molecule has 33 heavy (non-hydrogen) atoms. The van der Waals surface area contributed by atoms with Crippen molar-refractivity contribution in [2.45, 2.75) is 51.9 Å². The number of aryl methyl sites for hydroxylation is 2. The molecule has 3 aromatic rings. The van der Waals surface area contributed by atoms with Gasteiger partial charge in [-0.15, -0.1) is 20.4 Å². The molecule has 1 fully saturated rings. The molecule has 0 saturated carbocycles. The van der Waals surface area contributed by atoms with E-state index in [0.29, 0.717) is 41.7 Å². The predicted molar refractivity (Wildman–Crippen MR) is 109 cm³/mol. The molecule has 1 aliphatic heterocycles. The largest absolute Gasteiger partial charge is 0.423 e. The molecule has 3 heterocycles. The van der Waals surface area contributed by atoms with Crippen LogP contribution in [0.25, 0.3) is 6.08 Å². The highest BCUT2D eigenvalue weighted by Gasteiger charge is 2.32. The van der Waals surface area contributed by atoms with E-state index in [9.17, 15) is 18.0 Å². The van der Waals surface area contributed by atoms with Crippen LogP contribution in [0, 0.1) is 13.8 Å². The maximum Gasteiger partial charge on any atom is 0.416 e. The van der Waals surface area contributed by atoms with Crippen molar-refractivity contribution in [2.75, 3.05) is 6.54 Å². The lowest BCUT2D eigenvalue weighted by atomic mass is 10.0. The van der Waals surface area contributed by atoms with Gasteiger partial charge in [-0.2, -0.15) is 18.0 Å². The van der Waals surface area contributed by atoms with E-state index in [1.54, 1.807) is 18.7 Å². The number of alkyl halides is 3. The van der Waals surface area contributed by atoms with E-state index in [-0.39, 0.29) is 18.5 Å². The van der Waals surface area contributed by atoms with Gasteiger partial charge in [-0.05, 0) is 60.7 Å². The van der Waals surface area contributed by atoms with Crippen molar-refractivity contribution in [1.29, 1.82) is 0 Å². The fourth-order valence-electron chi connectivity index (χ4n) is 3.78.